The second-order valence-electron chi connectivity index (χ2n) is 10.2. The largest absolute Gasteiger partial charge is 0.384 e. The molecule has 2 aromatic carbocycles. The first-order valence-electron chi connectivity index (χ1n) is 12.2. The number of aromatic nitrogens is 2. The molecule has 12 heteroatoms. The molecule has 204 valence electrons. The molecule has 5 rings (SSSR count). The molecule has 0 spiro atoms. The SMILES string of the molecule is CC1(C)CC(=O)C2=C(C1)N(c1nnc(SCC(=O)c3ccc(Cl)cc3)s1)C(N)=C(C#N)C2c1c(Cl)cccc1Cl. The van der Waals surface area contributed by atoms with Crippen LogP contribution in [0.25, 0.3) is 0 Å². The molecular weight excluding hydrogens is 609 g/mol. The highest BCUT2D eigenvalue weighted by Gasteiger charge is 2.46. The maximum atomic E-state index is 13.7. The summed E-state index contributed by atoms with van der Waals surface area (Å²) in [5.74, 6) is -0.702. The Balaban J connectivity index is 1.54. The van der Waals surface area contributed by atoms with Crippen molar-refractivity contribution in [1.82, 2.24) is 10.2 Å². The third kappa shape index (κ3) is 5.39. The summed E-state index contributed by atoms with van der Waals surface area (Å²) in [6.45, 7) is 4.02. The summed E-state index contributed by atoms with van der Waals surface area (Å²) in [5, 5.41) is 20.5. The van der Waals surface area contributed by atoms with Gasteiger partial charge in [-0.05, 0) is 48.2 Å². The number of anilines is 1. The molecule has 0 saturated heterocycles. The van der Waals surface area contributed by atoms with Crippen LogP contribution in [0.3, 0.4) is 0 Å². The minimum atomic E-state index is -0.806. The van der Waals surface area contributed by atoms with E-state index in [1.165, 1.54) is 23.1 Å². The zero-order valence-electron chi connectivity index (χ0n) is 21.4. The van der Waals surface area contributed by atoms with Crippen LogP contribution in [0, 0.1) is 16.7 Å². The average molecular weight is 631 g/mol. The van der Waals surface area contributed by atoms with Crippen molar-refractivity contribution in [2.45, 2.75) is 36.9 Å². The lowest BCUT2D eigenvalue weighted by molar-refractivity contribution is -0.118. The topological polar surface area (TPSA) is 113 Å². The van der Waals surface area contributed by atoms with E-state index in [-0.39, 0.29) is 34.1 Å². The highest BCUT2D eigenvalue weighted by atomic mass is 35.5. The van der Waals surface area contributed by atoms with Crippen molar-refractivity contribution < 1.29 is 9.59 Å². The van der Waals surface area contributed by atoms with Crippen LogP contribution in [0.2, 0.25) is 15.1 Å². The number of nitriles is 1. The normalized spacial score (nSPS) is 18.6. The number of carbonyl (C=O) groups excluding carboxylic acids is 2. The third-order valence-corrected chi connectivity index (χ3v) is 9.70. The standard InChI is InChI=1S/C28H22Cl3N5O2S2/c1-28(2)10-19-24(20(37)11-28)22(23-17(30)4-3-5-18(23)31)16(12-32)25(33)36(19)26-34-35-27(40-26)39-13-21(38)14-6-8-15(29)9-7-14/h3-9,22H,10-11,13,33H2,1-2H3. The van der Waals surface area contributed by atoms with Gasteiger partial charge in [0.15, 0.2) is 15.9 Å². The van der Waals surface area contributed by atoms with Crippen molar-refractivity contribution >= 4 is 74.6 Å². The smallest absolute Gasteiger partial charge is 0.219 e. The van der Waals surface area contributed by atoms with E-state index in [1.54, 1.807) is 47.4 Å². The van der Waals surface area contributed by atoms with Crippen LogP contribution in [0.15, 0.2) is 69.5 Å². The number of rotatable bonds is 6. The Morgan fingerprint density at radius 3 is 2.48 bits per heavy atom. The summed E-state index contributed by atoms with van der Waals surface area (Å²) >= 11 is 21.5. The van der Waals surface area contributed by atoms with Gasteiger partial charge in [-0.2, -0.15) is 5.26 Å². The molecule has 2 N–H and O–H groups in total. The first-order valence-corrected chi connectivity index (χ1v) is 15.1. The number of thioether (sulfide) groups is 1. The van der Waals surface area contributed by atoms with E-state index in [2.05, 4.69) is 16.3 Å². The van der Waals surface area contributed by atoms with E-state index >= 15 is 0 Å². The van der Waals surface area contributed by atoms with Crippen molar-refractivity contribution in [3.8, 4) is 6.07 Å². The Morgan fingerprint density at radius 1 is 1.15 bits per heavy atom. The Kier molecular flexibility index (Phi) is 8.01. The quantitative estimate of drug-likeness (QED) is 0.221. The van der Waals surface area contributed by atoms with Crippen LogP contribution < -0.4 is 10.6 Å². The molecule has 7 nitrogen and oxygen atoms in total. The van der Waals surface area contributed by atoms with Gasteiger partial charge in [-0.25, -0.2) is 0 Å². The monoisotopic (exact) mass is 629 g/mol. The molecule has 0 fully saturated rings. The Hall–Kier alpha value is -2.87. The number of hydrogen-bond donors (Lipinski definition) is 1. The molecule has 40 heavy (non-hydrogen) atoms. The van der Waals surface area contributed by atoms with E-state index in [0.717, 1.165) is 0 Å². The highest BCUT2D eigenvalue weighted by Crippen LogP contribution is 2.52. The molecule has 1 aliphatic heterocycles. The van der Waals surface area contributed by atoms with Crippen LogP contribution in [0.1, 0.15) is 48.5 Å². The number of halogens is 3. The lowest BCUT2D eigenvalue weighted by Gasteiger charge is -2.42. The second kappa shape index (κ2) is 11.2. The lowest BCUT2D eigenvalue weighted by atomic mass is 9.68. The Labute approximate surface area is 254 Å². The summed E-state index contributed by atoms with van der Waals surface area (Å²) in [6.07, 6.45) is 0.796. The Morgan fingerprint density at radius 2 is 1.82 bits per heavy atom. The fraction of sp³-hybridized carbons (Fsp3) is 0.250. The van der Waals surface area contributed by atoms with Crippen molar-refractivity contribution in [3.05, 3.63) is 91.3 Å². The number of allylic oxidation sites excluding steroid dienone is 3. The van der Waals surface area contributed by atoms with E-state index in [1.807, 2.05) is 13.8 Å². The summed E-state index contributed by atoms with van der Waals surface area (Å²) < 4.78 is 0.545. The molecule has 0 saturated carbocycles. The number of ketones is 2. The number of carbonyl (C=O) groups is 2. The van der Waals surface area contributed by atoms with Gasteiger partial charge in [-0.1, -0.05) is 77.8 Å². The molecule has 2 aliphatic rings. The van der Waals surface area contributed by atoms with Gasteiger partial charge in [0, 0.05) is 43.9 Å². The van der Waals surface area contributed by atoms with E-state index in [9.17, 15) is 14.9 Å². The third-order valence-electron chi connectivity index (χ3n) is 6.75. The van der Waals surface area contributed by atoms with Gasteiger partial charge in [0.05, 0.1) is 23.3 Å². The number of hydrogen-bond acceptors (Lipinski definition) is 9. The molecule has 1 unspecified atom stereocenters. The molecule has 2 heterocycles. The van der Waals surface area contributed by atoms with E-state index in [0.29, 0.717) is 59.8 Å². The molecule has 0 amide bonds. The average Bonchev–Trinajstić information content (AvgIpc) is 3.35. The van der Waals surface area contributed by atoms with Crippen LogP contribution in [-0.4, -0.2) is 27.5 Å². The maximum absolute atomic E-state index is 13.7. The fourth-order valence-corrected chi connectivity index (χ4v) is 7.52. The van der Waals surface area contributed by atoms with Crippen LogP contribution in [-0.2, 0) is 4.79 Å². The number of nitrogens with zero attached hydrogens (tertiary/aromatic N) is 4. The highest BCUT2D eigenvalue weighted by molar-refractivity contribution is 8.01. The first kappa shape index (κ1) is 28.7. The van der Waals surface area contributed by atoms with E-state index in [4.69, 9.17) is 40.5 Å². The van der Waals surface area contributed by atoms with Crippen molar-refractivity contribution in [2.24, 2.45) is 11.1 Å². The molecule has 1 aromatic heterocycles. The molecule has 3 aromatic rings. The minimum absolute atomic E-state index is 0.0772. The van der Waals surface area contributed by atoms with Crippen molar-refractivity contribution in [3.63, 3.8) is 0 Å². The summed E-state index contributed by atoms with van der Waals surface area (Å²) in [6, 6.07) is 14.0. The first-order chi connectivity index (χ1) is 19.0. The predicted octanol–water partition coefficient (Wildman–Crippen LogP) is 7.41. The zero-order chi connectivity index (χ0) is 28.8. The maximum Gasteiger partial charge on any atom is 0.219 e. The number of Topliss-reactive ketones (excluding diaryl/α,β-unsaturated/α-hetero) is 2. The number of benzene rings is 2. The van der Waals surface area contributed by atoms with Crippen LogP contribution in [0.5, 0.6) is 0 Å². The summed E-state index contributed by atoms with van der Waals surface area (Å²) in [4.78, 5) is 28.0. The van der Waals surface area contributed by atoms with Gasteiger partial charge in [0.25, 0.3) is 0 Å². The summed E-state index contributed by atoms with van der Waals surface area (Å²) in [5.41, 5.74) is 8.56. The summed E-state index contributed by atoms with van der Waals surface area (Å²) in [7, 11) is 0. The molecule has 1 atom stereocenters. The Bertz CT molecular complexity index is 1620. The lowest BCUT2D eigenvalue weighted by Crippen LogP contribution is -2.42. The number of nitrogens with two attached hydrogens (primary N) is 1. The predicted molar refractivity (Wildman–Crippen MR) is 160 cm³/mol. The van der Waals surface area contributed by atoms with Gasteiger partial charge in [0.1, 0.15) is 5.82 Å². The van der Waals surface area contributed by atoms with Gasteiger partial charge >= 0.3 is 0 Å². The van der Waals surface area contributed by atoms with Crippen LogP contribution in [0.4, 0.5) is 5.13 Å². The molecular formula is C28H22Cl3N5O2S2. The molecule has 1 aliphatic carbocycles. The van der Waals surface area contributed by atoms with Gasteiger partial charge in [-0.3, -0.25) is 14.5 Å². The molecule has 0 radical (unpaired) electrons. The molecule has 0 bridgehead atoms. The van der Waals surface area contributed by atoms with Gasteiger partial charge < -0.3 is 5.73 Å². The fourth-order valence-electron chi connectivity index (χ4n) is 5.00. The second-order valence-corrected chi connectivity index (χ2v) is 13.6. The van der Waals surface area contributed by atoms with Crippen molar-refractivity contribution in [2.75, 3.05) is 10.7 Å². The minimum Gasteiger partial charge on any atom is -0.384 e. The van der Waals surface area contributed by atoms with Gasteiger partial charge in [-0.15, -0.1) is 10.2 Å². The van der Waals surface area contributed by atoms with Gasteiger partial charge in [0.2, 0.25) is 5.13 Å². The van der Waals surface area contributed by atoms with Crippen molar-refractivity contribution in [1.29, 1.82) is 5.26 Å². The van der Waals surface area contributed by atoms with Crippen LogP contribution >= 0.6 is 57.9 Å². The zero-order valence-corrected chi connectivity index (χ0v) is 25.3. The van der Waals surface area contributed by atoms with E-state index < -0.39 is 5.92 Å².